The molecule has 3 aliphatic rings. The van der Waals surface area contributed by atoms with Crippen molar-refractivity contribution in [2.24, 2.45) is 17.8 Å². The molecule has 1 aliphatic heterocycles. The normalized spacial score (nSPS) is 22.3. The molecule has 2 N–H and O–H groups in total. The number of benzene rings is 1. The van der Waals surface area contributed by atoms with Crippen LogP contribution in [-0.2, 0) is 9.53 Å². The summed E-state index contributed by atoms with van der Waals surface area (Å²) in [6.45, 7) is 8.52. The minimum atomic E-state index is -0.286. The maximum absolute atomic E-state index is 13.7. The second-order valence-corrected chi connectivity index (χ2v) is 12.0. The van der Waals surface area contributed by atoms with E-state index in [2.05, 4.69) is 24.5 Å². The number of ketones is 1. The third kappa shape index (κ3) is 7.74. The van der Waals surface area contributed by atoms with Gasteiger partial charge in [0.2, 0.25) is 0 Å². The van der Waals surface area contributed by atoms with Crippen molar-refractivity contribution in [3.8, 4) is 11.5 Å². The van der Waals surface area contributed by atoms with Gasteiger partial charge in [-0.15, -0.1) is 0 Å². The zero-order chi connectivity index (χ0) is 27.8. The van der Waals surface area contributed by atoms with E-state index in [1.807, 2.05) is 11.0 Å². The van der Waals surface area contributed by atoms with E-state index < -0.39 is 0 Å². The van der Waals surface area contributed by atoms with Crippen molar-refractivity contribution in [1.82, 2.24) is 15.5 Å². The molecule has 0 radical (unpaired) electrons. The lowest BCUT2D eigenvalue weighted by molar-refractivity contribution is -0.123. The molecule has 2 saturated carbocycles. The van der Waals surface area contributed by atoms with Gasteiger partial charge in [0.15, 0.2) is 17.3 Å². The molecule has 0 spiro atoms. The van der Waals surface area contributed by atoms with Gasteiger partial charge in [-0.05, 0) is 69.2 Å². The van der Waals surface area contributed by atoms with Crippen molar-refractivity contribution in [1.29, 1.82) is 0 Å². The Morgan fingerprint density at radius 3 is 2.49 bits per heavy atom. The number of carbonyl (C=O) groups excluding carboxylic acids is 2. The SMILES string of the molecule is COCCCOc1cc(C(=O)N(C[C@@H]2CNC[C@H]2CNC2(C(=O)CC3CCCC3)CC2)C(C)C)ccc1OC. The Morgan fingerprint density at radius 1 is 1.08 bits per heavy atom. The fourth-order valence-corrected chi connectivity index (χ4v) is 6.17. The zero-order valence-corrected chi connectivity index (χ0v) is 24.4. The van der Waals surface area contributed by atoms with Crippen LogP contribution in [-0.4, -0.2) is 81.8 Å². The lowest BCUT2D eigenvalue weighted by Gasteiger charge is -2.32. The summed E-state index contributed by atoms with van der Waals surface area (Å²) in [5, 5.41) is 7.23. The fourth-order valence-electron chi connectivity index (χ4n) is 6.17. The molecule has 2 aliphatic carbocycles. The lowest BCUT2D eigenvalue weighted by Crippen LogP contribution is -2.46. The van der Waals surface area contributed by atoms with Crippen LogP contribution in [0.15, 0.2) is 18.2 Å². The molecule has 218 valence electrons. The summed E-state index contributed by atoms with van der Waals surface area (Å²) in [6, 6.07) is 5.47. The number of nitrogens with one attached hydrogen (secondary N) is 2. The Balaban J connectivity index is 1.36. The summed E-state index contributed by atoms with van der Waals surface area (Å²) in [7, 11) is 3.27. The molecule has 1 aromatic rings. The predicted molar refractivity (Wildman–Crippen MR) is 153 cm³/mol. The van der Waals surface area contributed by atoms with Crippen LogP contribution in [0.1, 0.15) is 75.6 Å². The first-order valence-corrected chi connectivity index (χ1v) is 15.0. The molecular weight excluding hydrogens is 494 g/mol. The van der Waals surface area contributed by atoms with Gasteiger partial charge in [-0.3, -0.25) is 9.59 Å². The Labute approximate surface area is 234 Å². The fraction of sp³-hybridized carbons (Fsp3) is 0.742. The van der Waals surface area contributed by atoms with Crippen LogP contribution in [0.3, 0.4) is 0 Å². The van der Waals surface area contributed by atoms with E-state index >= 15 is 0 Å². The average Bonchev–Trinajstić information content (AvgIpc) is 3.31. The van der Waals surface area contributed by atoms with Gasteiger partial charge in [-0.1, -0.05) is 25.7 Å². The quantitative estimate of drug-likeness (QED) is 0.304. The number of amides is 1. The number of ether oxygens (including phenoxy) is 3. The van der Waals surface area contributed by atoms with E-state index in [0.29, 0.717) is 60.4 Å². The smallest absolute Gasteiger partial charge is 0.254 e. The van der Waals surface area contributed by atoms with Crippen molar-refractivity contribution in [3.63, 3.8) is 0 Å². The van der Waals surface area contributed by atoms with E-state index in [4.69, 9.17) is 14.2 Å². The maximum Gasteiger partial charge on any atom is 0.254 e. The largest absolute Gasteiger partial charge is 0.493 e. The topological polar surface area (TPSA) is 89.1 Å². The summed E-state index contributed by atoms with van der Waals surface area (Å²) >= 11 is 0. The standard InChI is InChI=1S/C31H49N3O5/c1-22(2)34(30(36)24-10-11-27(38-4)28(17-24)39-15-7-14-37-3)21-26-19-32-18-25(26)20-33-31(12-13-31)29(35)16-23-8-5-6-9-23/h10-11,17,22-23,25-26,32-33H,5-9,12-16,18-21H2,1-4H3/t25-,26-/m0/s1. The molecule has 0 bridgehead atoms. The summed E-state index contributed by atoms with van der Waals surface area (Å²) in [5.41, 5.74) is 0.313. The van der Waals surface area contributed by atoms with Crippen molar-refractivity contribution < 1.29 is 23.8 Å². The molecule has 2 atom stereocenters. The van der Waals surface area contributed by atoms with Gasteiger partial charge in [-0.25, -0.2) is 0 Å². The third-order valence-corrected chi connectivity index (χ3v) is 8.89. The van der Waals surface area contributed by atoms with Crippen molar-refractivity contribution in [3.05, 3.63) is 23.8 Å². The van der Waals surface area contributed by atoms with E-state index in [1.54, 1.807) is 26.4 Å². The molecule has 1 heterocycles. The Hall–Kier alpha value is -2.16. The number of hydrogen-bond acceptors (Lipinski definition) is 7. The number of nitrogens with zero attached hydrogens (tertiary/aromatic N) is 1. The van der Waals surface area contributed by atoms with E-state index in [9.17, 15) is 9.59 Å². The maximum atomic E-state index is 13.7. The summed E-state index contributed by atoms with van der Waals surface area (Å²) in [6.07, 6.45) is 8.41. The van der Waals surface area contributed by atoms with E-state index in [0.717, 1.165) is 45.3 Å². The highest BCUT2D eigenvalue weighted by Gasteiger charge is 2.49. The molecule has 1 amide bonds. The molecule has 39 heavy (non-hydrogen) atoms. The number of rotatable bonds is 16. The molecule has 0 aromatic heterocycles. The zero-order valence-electron chi connectivity index (χ0n) is 24.4. The summed E-state index contributed by atoms with van der Waals surface area (Å²) in [5.74, 6) is 2.91. The Kier molecular flexibility index (Phi) is 10.7. The van der Waals surface area contributed by atoms with Gasteiger partial charge < -0.3 is 29.7 Å². The molecule has 8 nitrogen and oxygen atoms in total. The summed E-state index contributed by atoms with van der Waals surface area (Å²) in [4.78, 5) is 28.8. The lowest BCUT2D eigenvalue weighted by atomic mass is 9.92. The molecule has 0 unspecified atom stereocenters. The van der Waals surface area contributed by atoms with Crippen LogP contribution in [0.2, 0.25) is 0 Å². The van der Waals surface area contributed by atoms with Gasteiger partial charge in [0.1, 0.15) is 0 Å². The van der Waals surface area contributed by atoms with Crippen LogP contribution in [0.25, 0.3) is 0 Å². The second kappa shape index (κ2) is 14.0. The van der Waals surface area contributed by atoms with Crippen LogP contribution in [0, 0.1) is 17.8 Å². The number of methoxy groups -OCH3 is 2. The first-order chi connectivity index (χ1) is 18.9. The van der Waals surface area contributed by atoms with Gasteiger partial charge in [0, 0.05) is 57.8 Å². The Morgan fingerprint density at radius 2 is 1.82 bits per heavy atom. The van der Waals surface area contributed by atoms with Gasteiger partial charge in [0.25, 0.3) is 5.91 Å². The Bertz CT molecular complexity index is 958. The van der Waals surface area contributed by atoms with Gasteiger partial charge >= 0.3 is 0 Å². The summed E-state index contributed by atoms with van der Waals surface area (Å²) < 4.78 is 16.5. The molecule has 3 fully saturated rings. The van der Waals surface area contributed by atoms with Crippen molar-refractivity contribution in [2.75, 3.05) is 53.6 Å². The number of carbonyl (C=O) groups is 2. The van der Waals surface area contributed by atoms with Crippen LogP contribution < -0.4 is 20.1 Å². The highest BCUT2D eigenvalue weighted by Crippen LogP contribution is 2.40. The molecule has 1 saturated heterocycles. The highest BCUT2D eigenvalue weighted by molar-refractivity contribution is 5.95. The third-order valence-electron chi connectivity index (χ3n) is 8.89. The second-order valence-electron chi connectivity index (χ2n) is 12.0. The first-order valence-electron chi connectivity index (χ1n) is 15.0. The van der Waals surface area contributed by atoms with Gasteiger partial charge in [0.05, 0.1) is 19.3 Å². The van der Waals surface area contributed by atoms with E-state index in [-0.39, 0.29) is 17.5 Å². The highest BCUT2D eigenvalue weighted by atomic mass is 16.5. The minimum Gasteiger partial charge on any atom is -0.493 e. The average molecular weight is 544 g/mol. The van der Waals surface area contributed by atoms with Crippen molar-refractivity contribution in [2.45, 2.75) is 76.8 Å². The van der Waals surface area contributed by atoms with Crippen LogP contribution in [0.4, 0.5) is 0 Å². The van der Waals surface area contributed by atoms with Crippen LogP contribution in [0.5, 0.6) is 11.5 Å². The van der Waals surface area contributed by atoms with Gasteiger partial charge in [-0.2, -0.15) is 0 Å². The van der Waals surface area contributed by atoms with Crippen LogP contribution >= 0.6 is 0 Å². The predicted octanol–water partition coefficient (Wildman–Crippen LogP) is 4.07. The molecule has 1 aromatic carbocycles. The number of Topliss-reactive ketones (excluding diaryl/α,β-unsaturated/α-hetero) is 1. The minimum absolute atomic E-state index is 0.00147. The molecular formula is C31H49N3O5. The molecule has 4 rings (SSSR count). The van der Waals surface area contributed by atoms with Crippen molar-refractivity contribution >= 4 is 11.7 Å². The molecule has 8 heteroatoms. The first kappa shape index (κ1) is 29.8. The van der Waals surface area contributed by atoms with E-state index in [1.165, 1.54) is 25.7 Å². The number of hydrogen-bond donors (Lipinski definition) is 2. The monoisotopic (exact) mass is 543 g/mol.